The Labute approximate surface area is 85.8 Å². The summed E-state index contributed by atoms with van der Waals surface area (Å²) in [7, 11) is 0. The van der Waals surface area contributed by atoms with E-state index in [1.807, 2.05) is 0 Å². The van der Waals surface area contributed by atoms with E-state index in [2.05, 4.69) is 11.1 Å². The van der Waals surface area contributed by atoms with Crippen molar-refractivity contribution in [2.45, 2.75) is 26.2 Å². The van der Waals surface area contributed by atoms with Gasteiger partial charge in [0.2, 0.25) is 0 Å². The number of thiazole rings is 1. The lowest BCUT2D eigenvalue weighted by atomic mass is 9.97. The molecule has 0 fully saturated rings. The number of hydrogen-bond acceptors (Lipinski definition) is 4. The summed E-state index contributed by atoms with van der Waals surface area (Å²) in [5.74, 6) is -1.04. The van der Waals surface area contributed by atoms with Gasteiger partial charge < -0.3 is 5.11 Å². The Balaban J connectivity index is 3.23. The highest BCUT2D eigenvalue weighted by molar-refractivity contribution is 7.12. The molecular weight excluding hydrogens is 200 g/mol. The second-order valence-electron chi connectivity index (χ2n) is 3.47. The van der Waals surface area contributed by atoms with Crippen molar-refractivity contribution in [3.63, 3.8) is 0 Å². The molecule has 0 spiro atoms. The summed E-state index contributed by atoms with van der Waals surface area (Å²) in [6.07, 6.45) is 0. The summed E-state index contributed by atoms with van der Waals surface area (Å²) in [5.41, 5.74) is -0.670. The maximum absolute atomic E-state index is 10.7. The molecule has 0 atom stereocenters. The lowest BCUT2D eigenvalue weighted by Gasteiger charge is -2.09. The Morgan fingerprint density at radius 3 is 2.57 bits per heavy atom. The Kier molecular flexibility index (Phi) is 2.58. The zero-order valence-corrected chi connectivity index (χ0v) is 8.97. The molecule has 1 aromatic heterocycles. The number of aromatic nitrogens is 1. The van der Waals surface area contributed by atoms with Crippen LogP contribution in [0.5, 0.6) is 0 Å². The first-order valence-electron chi connectivity index (χ1n) is 4.01. The van der Waals surface area contributed by atoms with Gasteiger partial charge in [0, 0.05) is 4.88 Å². The zero-order valence-electron chi connectivity index (χ0n) is 8.16. The largest absolute Gasteiger partial charge is 0.476 e. The first-order chi connectivity index (χ1) is 6.38. The van der Waals surface area contributed by atoms with Gasteiger partial charge in [-0.3, -0.25) is 0 Å². The van der Waals surface area contributed by atoms with Crippen molar-refractivity contribution in [3.8, 4) is 6.07 Å². The van der Waals surface area contributed by atoms with E-state index in [0.717, 1.165) is 0 Å². The normalized spacial score (nSPS) is 11.0. The number of aryl methyl sites for hydroxylation is 1. The molecule has 4 nitrogen and oxygen atoms in total. The van der Waals surface area contributed by atoms with Crippen molar-refractivity contribution in [3.05, 3.63) is 15.6 Å². The van der Waals surface area contributed by atoms with Crippen LogP contribution in [-0.4, -0.2) is 16.1 Å². The van der Waals surface area contributed by atoms with E-state index in [4.69, 9.17) is 10.4 Å². The Hall–Kier alpha value is -1.41. The average molecular weight is 210 g/mol. The van der Waals surface area contributed by atoms with Crippen molar-refractivity contribution in [2.24, 2.45) is 0 Å². The smallest absolute Gasteiger partial charge is 0.355 e. The molecule has 0 saturated heterocycles. The zero-order chi connectivity index (χ0) is 10.9. The van der Waals surface area contributed by atoms with Gasteiger partial charge in [0.15, 0.2) is 5.69 Å². The predicted molar refractivity (Wildman–Crippen MR) is 52.4 cm³/mol. The Morgan fingerprint density at radius 2 is 2.21 bits per heavy atom. The van der Waals surface area contributed by atoms with Gasteiger partial charge in [-0.05, 0) is 20.8 Å². The molecule has 5 heteroatoms. The van der Waals surface area contributed by atoms with E-state index >= 15 is 0 Å². The highest BCUT2D eigenvalue weighted by atomic mass is 32.1. The molecule has 0 bridgehead atoms. The number of aromatic carboxylic acids is 1. The van der Waals surface area contributed by atoms with Gasteiger partial charge in [-0.25, -0.2) is 9.78 Å². The van der Waals surface area contributed by atoms with Crippen LogP contribution >= 0.6 is 11.3 Å². The number of carboxylic acid groups (broad SMARTS) is 1. The number of hydrogen-bond donors (Lipinski definition) is 1. The van der Waals surface area contributed by atoms with Gasteiger partial charge in [0.1, 0.15) is 10.4 Å². The van der Waals surface area contributed by atoms with Crippen molar-refractivity contribution in [1.29, 1.82) is 5.26 Å². The second-order valence-corrected chi connectivity index (χ2v) is 4.67. The van der Waals surface area contributed by atoms with E-state index < -0.39 is 11.4 Å². The highest BCUT2D eigenvalue weighted by Gasteiger charge is 2.26. The fraction of sp³-hybridized carbons (Fsp3) is 0.444. The van der Waals surface area contributed by atoms with Crippen LogP contribution in [0.25, 0.3) is 0 Å². The lowest BCUT2D eigenvalue weighted by Crippen LogP contribution is -2.13. The summed E-state index contributed by atoms with van der Waals surface area (Å²) >= 11 is 1.26. The number of carboxylic acids is 1. The molecule has 0 radical (unpaired) electrons. The first-order valence-corrected chi connectivity index (χ1v) is 4.82. The summed E-state index contributed by atoms with van der Waals surface area (Å²) in [4.78, 5) is 15.3. The predicted octanol–water partition coefficient (Wildman–Crippen LogP) is 1.95. The molecule has 1 N–H and O–H groups in total. The third kappa shape index (κ3) is 1.75. The summed E-state index contributed by atoms with van der Waals surface area (Å²) in [6.45, 7) is 5.13. The van der Waals surface area contributed by atoms with E-state index in [1.54, 1.807) is 20.8 Å². The fourth-order valence-corrected chi connectivity index (χ4v) is 1.87. The van der Waals surface area contributed by atoms with Crippen molar-refractivity contribution < 1.29 is 9.90 Å². The summed E-state index contributed by atoms with van der Waals surface area (Å²) in [5, 5.41) is 18.2. The molecule has 1 heterocycles. The topological polar surface area (TPSA) is 74.0 Å². The van der Waals surface area contributed by atoms with Gasteiger partial charge in [-0.1, -0.05) is 0 Å². The lowest BCUT2D eigenvalue weighted by molar-refractivity contribution is 0.0690. The van der Waals surface area contributed by atoms with E-state index in [9.17, 15) is 4.79 Å². The molecule has 14 heavy (non-hydrogen) atoms. The van der Waals surface area contributed by atoms with Crippen LogP contribution in [0.2, 0.25) is 0 Å². The van der Waals surface area contributed by atoms with Gasteiger partial charge in [-0.15, -0.1) is 11.3 Å². The van der Waals surface area contributed by atoms with Gasteiger partial charge in [0.05, 0.1) is 6.07 Å². The minimum atomic E-state index is -1.04. The molecule has 0 unspecified atom stereocenters. The number of nitrogens with zero attached hydrogens (tertiary/aromatic N) is 2. The number of nitriles is 1. The molecule has 0 aromatic carbocycles. The van der Waals surface area contributed by atoms with Crippen molar-refractivity contribution >= 4 is 17.3 Å². The summed E-state index contributed by atoms with van der Waals surface area (Å²) in [6, 6.07) is 2.09. The van der Waals surface area contributed by atoms with Crippen LogP contribution in [0, 0.1) is 18.3 Å². The third-order valence-electron chi connectivity index (χ3n) is 1.81. The van der Waals surface area contributed by atoms with E-state index in [-0.39, 0.29) is 5.69 Å². The maximum Gasteiger partial charge on any atom is 0.355 e. The highest BCUT2D eigenvalue weighted by Crippen LogP contribution is 2.28. The first kappa shape index (κ1) is 10.7. The van der Waals surface area contributed by atoms with Crippen molar-refractivity contribution in [2.75, 3.05) is 0 Å². The fourth-order valence-electron chi connectivity index (χ4n) is 0.910. The number of rotatable bonds is 2. The molecule has 0 aliphatic heterocycles. The third-order valence-corrected chi connectivity index (χ3v) is 3.11. The molecule has 0 amide bonds. The molecular formula is C9H10N2O2S. The second kappa shape index (κ2) is 3.39. The Morgan fingerprint density at radius 1 is 1.64 bits per heavy atom. The van der Waals surface area contributed by atoms with Gasteiger partial charge in [0.25, 0.3) is 0 Å². The monoisotopic (exact) mass is 210 g/mol. The molecule has 1 aromatic rings. The minimum absolute atomic E-state index is 0.0494. The standard InChI is InChI=1S/C9H10N2O2S/c1-5-6(7(12)13)11-8(14-5)9(2,3)4-10/h1-3H3,(H,12,13). The molecule has 0 saturated carbocycles. The van der Waals surface area contributed by atoms with Crippen LogP contribution in [0.1, 0.15) is 34.2 Å². The quantitative estimate of drug-likeness (QED) is 0.809. The van der Waals surface area contributed by atoms with E-state index in [1.165, 1.54) is 11.3 Å². The molecule has 1 rings (SSSR count). The van der Waals surface area contributed by atoms with Crippen LogP contribution in [0.4, 0.5) is 0 Å². The average Bonchev–Trinajstić information content (AvgIpc) is 2.48. The minimum Gasteiger partial charge on any atom is -0.476 e. The number of carbonyl (C=O) groups is 1. The molecule has 0 aliphatic rings. The Bertz CT molecular complexity index is 415. The van der Waals surface area contributed by atoms with Crippen molar-refractivity contribution in [1.82, 2.24) is 4.98 Å². The SMILES string of the molecule is Cc1sc(C(C)(C)C#N)nc1C(=O)O. The van der Waals surface area contributed by atoms with Crippen LogP contribution in [0.15, 0.2) is 0 Å². The van der Waals surface area contributed by atoms with Crippen LogP contribution in [-0.2, 0) is 5.41 Å². The van der Waals surface area contributed by atoms with Crippen LogP contribution < -0.4 is 0 Å². The van der Waals surface area contributed by atoms with Crippen LogP contribution in [0.3, 0.4) is 0 Å². The summed E-state index contributed by atoms with van der Waals surface area (Å²) < 4.78 is 0. The van der Waals surface area contributed by atoms with E-state index in [0.29, 0.717) is 9.88 Å². The van der Waals surface area contributed by atoms with Gasteiger partial charge in [-0.2, -0.15) is 5.26 Å². The van der Waals surface area contributed by atoms with Gasteiger partial charge >= 0.3 is 5.97 Å². The molecule has 0 aliphatic carbocycles. The molecule has 74 valence electrons. The maximum atomic E-state index is 10.7.